The van der Waals surface area contributed by atoms with Crippen molar-refractivity contribution in [1.82, 2.24) is 0 Å². The number of sulfonamides is 1. The summed E-state index contributed by atoms with van der Waals surface area (Å²) in [5.41, 5.74) is -0.701. The molecule has 0 atom stereocenters. The number of hydrogen-bond acceptors (Lipinski definition) is 3. The quantitative estimate of drug-likeness (QED) is 0.834. The predicted octanol–water partition coefficient (Wildman–Crippen LogP) is 4.01. The fourth-order valence-electron chi connectivity index (χ4n) is 2.05. The summed E-state index contributed by atoms with van der Waals surface area (Å²) in [5.74, 6) is -0.720. The highest BCUT2D eigenvalue weighted by molar-refractivity contribution is 7.92. The van der Waals surface area contributed by atoms with Crippen LogP contribution in [-0.4, -0.2) is 27.6 Å². The van der Waals surface area contributed by atoms with Gasteiger partial charge in [-0.05, 0) is 36.4 Å². The van der Waals surface area contributed by atoms with E-state index in [-0.39, 0.29) is 22.0 Å². The monoisotopic (exact) mass is 406 g/mol. The Balaban J connectivity index is 2.26. The molecule has 1 amide bonds. The maximum atomic E-state index is 12.7. The number of carbonyl (C=O) groups excluding carboxylic acids is 1. The molecule has 0 aliphatic heterocycles. The molecule has 1 N–H and O–H groups in total. The zero-order chi connectivity index (χ0) is 19.7. The summed E-state index contributed by atoms with van der Waals surface area (Å²) in [6.07, 6.45) is -3.52. The molecule has 0 spiro atoms. The van der Waals surface area contributed by atoms with Gasteiger partial charge in [0.25, 0.3) is 5.91 Å². The van der Waals surface area contributed by atoms with Crippen molar-refractivity contribution in [1.29, 1.82) is 0 Å². The molecule has 0 fully saturated rings. The number of hydrogen-bond donors (Lipinski definition) is 1. The second-order valence-corrected chi connectivity index (χ2v) is 7.85. The van der Waals surface area contributed by atoms with Gasteiger partial charge in [-0.15, -0.1) is 0 Å². The van der Waals surface area contributed by atoms with E-state index in [4.69, 9.17) is 11.6 Å². The highest BCUT2D eigenvalue weighted by Gasteiger charge is 2.30. The van der Waals surface area contributed by atoms with Crippen LogP contribution >= 0.6 is 11.6 Å². The third kappa shape index (κ3) is 4.67. The topological polar surface area (TPSA) is 66.5 Å². The summed E-state index contributed by atoms with van der Waals surface area (Å²) in [4.78, 5) is 12.3. The summed E-state index contributed by atoms with van der Waals surface area (Å²) in [5, 5.41) is 2.30. The van der Waals surface area contributed by atoms with E-state index in [0.717, 1.165) is 22.7 Å². The van der Waals surface area contributed by atoms with E-state index in [1.807, 2.05) is 0 Å². The predicted molar refractivity (Wildman–Crippen MR) is 94.1 cm³/mol. The van der Waals surface area contributed by atoms with E-state index in [9.17, 15) is 26.4 Å². The molecule has 2 rings (SSSR count). The lowest BCUT2D eigenvalue weighted by Gasteiger charge is -2.17. The van der Waals surface area contributed by atoms with Crippen LogP contribution in [-0.2, 0) is 16.2 Å². The van der Waals surface area contributed by atoms with Gasteiger partial charge in [0.1, 0.15) is 0 Å². The highest BCUT2D eigenvalue weighted by atomic mass is 35.5. The molecular formula is C16H14ClF3N2O3S. The fraction of sp³-hybridized carbons (Fsp3) is 0.188. The van der Waals surface area contributed by atoms with Crippen LogP contribution in [0.3, 0.4) is 0 Å². The number of nitrogens with one attached hydrogen (secondary N) is 1. The Morgan fingerprint density at radius 2 is 1.81 bits per heavy atom. The molecule has 10 heteroatoms. The SMILES string of the molecule is CN(c1ccc(C(=O)Nc2cccc(C(F)(F)F)c2)c(Cl)c1)S(C)(=O)=O. The van der Waals surface area contributed by atoms with Crippen LogP contribution in [0.1, 0.15) is 15.9 Å². The minimum absolute atomic E-state index is 0.00488. The van der Waals surface area contributed by atoms with E-state index in [0.29, 0.717) is 0 Å². The average molecular weight is 407 g/mol. The number of benzene rings is 2. The van der Waals surface area contributed by atoms with Crippen LogP contribution in [0.15, 0.2) is 42.5 Å². The molecule has 0 saturated heterocycles. The number of carbonyl (C=O) groups is 1. The van der Waals surface area contributed by atoms with Crippen LogP contribution in [0.2, 0.25) is 5.02 Å². The largest absolute Gasteiger partial charge is 0.416 e. The van der Waals surface area contributed by atoms with E-state index >= 15 is 0 Å². The van der Waals surface area contributed by atoms with Gasteiger partial charge >= 0.3 is 6.18 Å². The smallest absolute Gasteiger partial charge is 0.322 e. The highest BCUT2D eigenvalue weighted by Crippen LogP contribution is 2.31. The van der Waals surface area contributed by atoms with E-state index in [1.54, 1.807) is 0 Å². The summed E-state index contributed by atoms with van der Waals surface area (Å²) in [7, 11) is -2.18. The number of amides is 1. The van der Waals surface area contributed by atoms with Crippen molar-refractivity contribution in [2.75, 3.05) is 22.9 Å². The molecule has 0 unspecified atom stereocenters. The number of alkyl halides is 3. The van der Waals surface area contributed by atoms with Crippen LogP contribution in [0.25, 0.3) is 0 Å². The molecule has 5 nitrogen and oxygen atoms in total. The second-order valence-electron chi connectivity index (χ2n) is 5.43. The number of anilines is 2. The Labute approximate surface area is 153 Å². The van der Waals surface area contributed by atoms with Gasteiger partial charge in [0, 0.05) is 12.7 Å². The first-order chi connectivity index (χ1) is 11.9. The molecule has 0 aliphatic rings. The van der Waals surface area contributed by atoms with Gasteiger partial charge < -0.3 is 5.32 Å². The zero-order valence-corrected chi connectivity index (χ0v) is 15.2. The number of nitrogens with zero attached hydrogens (tertiary/aromatic N) is 1. The summed E-state index contributed by atoms with van der Waals surface area (Å²) < 4.78 is 62.2. The lowest BCUT2D eigenvalue weighted by molar-refractivity contribution is -0.137. The second kappa shape index (κ2) is 7.16. The van der Waals surface area contributed by atoms with Crippen LogP contribution in [0.4, 0.5) is 24.5 Å². The molecule has 2 aromatic rings. The first kappa shape index (κ1) is 20.1. The standard InChI is InChI=1S/C16H14ClF3N2O3S/c1-22(26(2,24)25)12-6-7-13(14(17)9-12)15(23)21-11-5-3-4-10(8-11)16(18,19)20/h3-9H,1-2H3,(H,21,23). The van der Waals surface area contributed by atoms with E-state index in [2.05, 4.69) is 5.32 Å². The van der Waals surface area contributed by atoms with Gasteiger partial charge in [0.05, 0.1) is 28.1 Å². The Morgan fingerprint density at radius 3 is 2.35 bits per heavy atom. The first-order valence-electron chi connectivity index (χ1n) is 7.11. The van der Waals surface area contributed by atoms with E-state index < -0.39 is 27.7 Å². The van der Waals surface area contributed by atoms with Crippen molar-refractivity contribution >= 4 is 38.9 Å². The number of halogens is 4. The Kier molecular flexibility index (Phi) is 5.52. The molecular weight excluding hydrogens is 393 g/mol. The zero-order valence-electron chi connectivity index (χ0n) is 13.6. The van der Waals surface area contributed by atoms with Crippen molar-refractivity contribution in [2.24, 2.45) is 0 Å². The maximum absolute atomic E-state index is 12.7. The van der Waals surface area contributed by atoms with Crippen LogP contribution in [0.5, 0.6) is 0 Å². The fourth-order valence-corrected chi connectivity index (χ4v) is 2.80. The third-order valence-electron chi connectivity index (χ3n) is 3.51. The number of rotatable bonds is 4. The van der Waals surface area contributed by atoms with Crippen molar-refractivity contribution in [2.45, 2.75) is 6.18 Å². The normalized spacial score (nSPS) is 11.9. The van der Waals surface area contributed by atoms with Gasteiger partial charge in [-0.2, -0.15) is 13.2 Å². The minimum Gasteiger partial charge on any atom is -0.322 e. The molecule has 0 heterocycles. The van der Waals surface area contributed by atoms with Crippen LogP contribution < -0.4 is 9.62 Å². The average Bonchev–Trinajstić information content (AvgIpc) is 2.52. The summed E-state index contributed by atoms with van der Waals surface area (Å²) >= 11 is 6.03. The first-order valence-corrected chi connectivity index (χ1v) is 9.34. The van der Waals surface area contributed by atoms with Gasteiger partial charge in [0.2, 0.25) is 10.0 Å². The summed E-state index contributed by atoms with van der Waals surface area (Å²) in [6, 6.07) is 8.12. The van der Waals surface area contributed by atoms with Gasteiger partial charge in [-0.3, -0.25) is 9.10 Å². The third-order valence-corrected chi connectivity index (χ3v) is 5.02. The molecule has 0 saturated carbocycles. The van der Waals surface area contributed by atoms with Crippen molar-refractivity contribution in [3.8, 4) is 0 Å². The Hall–Kier alpha value is -2.26. The van der Waals surface area contributed by atoms with Crippen molar-refractivity contribution in [3.05, 3.63) is 58.6 Å². The molecule has 0 bridgehead atoms. The molecule has 0 aliphatic carbocycles. The molecule has 0 aromatic heterocycles. The Bertz CT molecular complexity index is 946. The molecule has 2 aromatic carbocycles. The van der Waals surface area contributed by atoms with Gasteiger partial charge in [-0.1, -0.05) is 17.7 Å². The maximum Gasteiger partial charge on any atom is 0.416 e. The van der Waals surface area contributed by atoms with Crippen molar-refractivity contribution < 1.29 is 26.4 Å². The van der Waals surface area contributed by atoms with Crippen molar-refractivity contribution in [3.63, 3.8) is 0 Å². The van der Waals surface area contributed by atoms with Gasteiger partial charge in [-0.25, -0.2) is 8.42 Å². The minimum atomic E-state index is -4.53. The molecule has 0 radical (unpaired) electrons. The van der Waals surface area contributed by atoms with E-state index in [1.165, 1.54) is 37.4 Å². The lowest BCUT2D eigenvalue weighted by atomic mass is 10.1. The molecule has 26 heavy (non-hydrogen) atoms. The Morgan fingerprint density at radius 1 is 1.15 bits per heavy atom. The lowest BCUT2D eigenvalue weighted by Crippen LogP contribution is -2.25. The molecule has 140 valence electrons. The van der Waals surface area contributed by atoms with Crippen LogP contribution in [0, 0.1) is 0 Å². The summed E-state index contributed by atoms with van der Waals surface area (Å²) in [6.45, 7) is 0. The van der Waals surface area contributed by atoms with Gasteiger partial charge in [0.15, 0.2) is 0 Å².